The second-order valence-corrected chi connectivity index (χ2v) is 4.97. The van der Waals surface area contributed by atoms with E-state index in [9.17, 15) is 14.4 Å². The average Bonchev–Trinajstić information content (AvgIpc) is 2.83. The predicted molar refractivity (Wildman–Crippen MR) is 66.4 cm³/mol. The van der Waals surface area contributed by atoms with Crippen LogP contribution in [0.1, 0.15) is 19.3 Å². The van der Waals surface area contributed by atoms with Crippen LogP contribution in [0.15, 0.2) is 0 Å². The Kier molecular flexibility index (Phi) is 4.36. The van der Waals surface area contributed by atoms with Crippen molar-refractivity contribution < 1.29 is 19.5 Å². The van der Waals surface area contributed by atoms with E-state index >= 15 is 0 Å². The monoisotopic (exact) mass is 269 g/mol. The molecule has 0 bridgehead atoms. The number of hydrogen-bond donors (Lipinski definition) is 2. The van der Waals surface area contributed by atoms with Crippen molar-refractivity contribution in [2.75, 3.05) is 32.7 Å². The van der Waals surface area contributed by atoms with Crippen molar-refractivity contribution in [1.29, 1.82) is 0 Å². The van der Waals surface area contributed by atoms with Gasteiger partial charge in [0.1, 0.15) is 6.04 Å². The highest BCUT2D eigenvalue weighted by atomic mass is 16.4. The van der Waals surface area contributed by atoms with Gasteiger partial charge in [0.25, 0.3) is 0 Å². The van der Waals surface area contributed by atoms with E-state index < -0.39 is 5.97 Å². The maximum absolute atomic E-state index is 12.1. The predicted octanol–water partition coefficient (Wildman–Crippen LogP) is -1.12. The van der Waals surface area contributed by atoms with Crippen LogP contribution in [0.5, 0.6) is 0 Å². The number of carbonyl (C=O) groups is 3. The third-order valence-electron chi connectivity index (χ3n) is 3.62. The topological polar surface area (TPSA) is 90.0 Å². The van der Waals surface area contributed by atoms with E-state index in [1.54, 1.807) is 4.90 Å². The third kappa shape index (κ3) is 3.66. The van der Waals surface area contributed by atoms with Crippen LogP contribution in [-0.2, 0) is 14.4 Å². The molecule has 7 heteroatoms. The molecule has 0 aromatic carbocycles. The van der Waals surface area contributed by atoms with Crippen LogP contribution in [0.2, 0.25) is 0 Å². The van der Waals surface area contributed by atoms with Crippen molar-refractivity contribution in [1.82, 2.24) is 15.1 Å². The lowest BCUT2D eigenvalue weighted by Gasteiger charge is -2.35. The van der Waals surface area contributed by atoms with Gasteiger partial charge in [-0.1, -0.05) is 0 Å². The van der Waals surface area contributed by atoms with Gasteiger partial charge in [-0.2, -0.15) is 0 Å². The van der Waals surface area contributed by atoms with Crippen molar-refractivity contribution in [2.24, 2.45) is 0 Å². The fraction of sp³-hybridized carbons (Fsp3) is 0.750. The Balaban J connectivity index is 1.75. The zero-order chi connectivity index (χ0) is 13.8. The zero-order valence-corrected chi connectivity index (χ0v) is 10.8. The summed E-state index contributed by atoms with van der Waals surface area (Å²) in [6, 6.07) is -0.363. The van der Waals surface area contributed by atoms with Gasteiger partial charge in [0, 0.05) is 39.1 Å². The van der Waals surface area contributed by atoms with E-state index in [0.717, 1.165) is 0 Å². The van der Waals surface area contributed by atoms with E-state index in [1.165, 1.54) is 0 Å². The van der Waals surface area contributed by atoms with Crippen molar-refractivity contribution in [3.8, 4) is 0 Å². The summed E-state index contributed by atoms with van der Waals surface area (Å²) in [5.41, 5.74) is 0. The molecule has 2 aliphatic heterocycles. The first kappa shape index (κ1) is 13.8. The Bertz CT molecular complexity index is 377. The normalized spacial score (nSPS) is 24.3. The van der Waals surface area contributed by atoms with Crippen molar-refractivity contribution in [3.63, 3.8) is 0 Å². The highest BCUT2D eigenvalue weighted by Crippen LogP contribution is 2.12. The number of nitrogens with zero attached hydrogens (tertiary/aromatic N) is 2. The lowest BCUT2D eigenvalue weighted by molar-refractivity contribution is -0.139. The fourth-order valence-electron chi connectivity index (χ4n) is 2.47. The van der Waals surface area contributed by atoms with Crippen molar-refractivity contribution in [3.05, 3.63) is 0 Å². The van der Waals surface area contributed by atoms with Crippen LogP contribution >= 0.6 is 0 Å². The van der Waals surface area contributed by atoms with Crippen LogP contribution < -0.4 is 5.32 Å². The summed E-state index contributed by atoms with van der Waals surface area (Å²) in [6.07, 6.45) is 1.14. The molecule has 0 aromatic rings. The molecule has 2 aliphatic rings. The maximum Gasteiger partial charge on any atom is 0.304 e. The number of amides is 2. The first-order valence-corrected chi connectivity index (χ1v) is 6.58. The first-order chi connectivity index (χ1) is 9.06. The molecule has 0 saturated carbocycles. The van der Waals surface area contributed by atoms with Gasteiger partial charge in [-0.25, -0.2) is 0 Å². The maximum atomic E-state index is 12.1. The van der Waals surface area contributed by atoms with E-state index in [1.807, 2.05) is 4.90 Å². The highest BCUT2D eigenvalue weighted by molar-refractivity contribution is 5.90. The molecule has 2 heterocycles. The molecule has 2 amide bonds. The largest absolute Gasteiger partial charge is 0.481 e. The van der Waals surface area contributed by atoms with Gasteiger partial charge < -0.3 is 15.3 Å². The Morgan fingerprint density at radius 1 is 1.26 bits per heavy atom. The van der Waals surface area contributed by atoms with E-state index in [4.69, 9.17) is 5.11 Å². The minimum atomic E-state index is -0.799. The van der Waals surface area contributed by atoms with Gasteiger partial charge in [-0.15, -0.1) is 0 Å². The summed E-state index contributed by atoms with van der Waals surface area (Å²) in [6.45, 7) is 3.12. The smallest absolute Gasteiger partial charge is 0.304 e. The van der Waals surface area contributed by atoms with E-state index in [-0.39, 0.29) is 24.3 Å². The number of carboxylic acids is 1. The number of nitrogens with one attached hydrogen (secondary N) is 1. The summed E-state index contributed by atoms with van der Waals surface area (Å²) in [7, 11) is 0. The lowest BCUT2D eigenvalue weighted by Crippen LogP contribution is -2.53. The molecule has 1 atom stereocenters. The zero-order valence-electron chi connectivity index (χ0n) is 10.8. The Labute approximate surface area is 111 Å². The van der Waals surface area contributed by atoms with Crippen LogP contribution in [0.3, 0.4) is 0 Å². The summed E-state index contributed by atoms with van der Waals surface area (Å²) in [5.74, 6) is -0.866. The van der Waals surface area contributed by atoms with Crippen LogP contribution in [0.25, 0.3) is 0 Å². The molecule has 2 N–H and O–H groups in total. The molecule has 0 spiro atoms. The molecule has 0 aliphatic carbocycles. The number of hydrogen-bond acceptors (Lipinski definition) is 4. The molecule has 1 unspecified atom stereocenters. The Morgan fingerprint density at radius 3 is 2.47 bits per heavy atom. The second-order valence-electron chi connectivity index (χ2n) is 4.97. The SMILES string of the molecule is O=C(O)CCN1CCN(C(=O)C2CCC(=O)N2)CC1. The molecule has 0 radical (unpaired) electrons. The number of carbonyl (C=O) groups excluding carboxylic acids is 2. The molecular formula is C12H19N3O4. The molecule has 7 nitrogen and oxygen atoms in total. The molecule has 2 fully saturated rings. The molecule has 19 heavy (non-hydrogen) atoms. The molecule has 2 rings (SSSR count). The third-order valence-corrected chi connectivity index (χ3v) is 3.62. The average molecular weight is 269 g/mol. The lowest BCUT2D eigenvalue weighted by atomic mass is 10.2. The molecule has 106 valence electrons. The van der Waals surface area contributed by atoms with Gasteiger partial charge in [0.15, 0.2) is 0 Å². The van der Waals surface area contributed by atoms with Gasteiger partial charge in [0.05, 0.1) is 6.42 Å². The first-order valence-electron chi connectivity index (χ1n) is 6.58. The molecule has 2 saturated heterocycles. The summed E-state index contributed by atoms with van der Waals surface area (Å²) in [4.78, 5) is 37.5. The number of rotatable bonds is 4. The van der Waals surface area contributed by atoms with E-state index in [0.29, 0.717) is 45.6 Å². The van der Waals surface area contributed by atoms with Crippen LogP contribution in [0.4, 0.5) is 0 Å². The molecule has 0 aromatic heterocycles. The Hall–Kier alpha value is -1.63. The fourth-order valence-corrected chi connectivity index (χ4v) is 2.47. The summed E-state index contributed by atoms with van der Waals surface area (Å²) < 4.78 is 0. The minimum absolute atomic E-state index is 0.0104. The highest BCUT2D eigenvalue weighted by Gasteiger charge is 2.32. The second kappa shape index (κ2) is 6.01. The van der Waals surface area contributed by atoms with Gasteiger partial charge >= 0.3 is 5.97 Å². The minimum Gasteiger partial charge on any atom is -0.481 e. The van der Waals surface area contributed by atoms with Crippen molar-refractivity contribution >= 4 is 17.8 Å². The van der Waals surface area contributed by atoms with E-state index in [2.05, 4.69) is 5.32 Å². The van der Waals surface area contributed by atoms with Gasteiger partial charge in [-0.3, -0.25) is 19.3 Å². The molecular weight excluding hydrogens is 250 g/mol. The summed E-state index contributed by atoms with van der Waals surface area (Å²) >= 11 is 0. The quantitative estimate of drug-likeness (QED) is 0.675. The number of piperazine rings is 1. The summed E-state index contributed by atoms with van der Waals surface area (Å²) in [5, 5.41) is 11.3. The standard InChI is InChI=1S/C12H19N3O4/c16-10-2-1-9(13-10)12(19)15-7-5-14(6-8-15)4-3-11(17)18/h9H,1-8H2,(H,13,16)(H,17,18). The van der Waals surface area contributed by atoms with Crippen molar-refractivity contribution in [2.45, 2.75) is 25.3 Å². The van der Waals surface area contributed by atoms with Gasteiger partial charge in [0.2, 0.25) is 11.8 Å². The van der Waals surface area contributed by atoms with Crippen LogP contribution in [0, 0.1) is 0 Å². The number of aliphatic carboxylic acids is 1. The van der Waals surface area contributed by atoms with Gasteiger partial charge in [-0.05, 0) is 6.42 Å². The number of carboxylic acid groups (broad SMARTS) is 1. The van der Waals surface area contributed by atoms with Crippen LogP contribution in [-0.4, -0.2) is 71.5 Å². The Morgan fingerprint density at radius 2 is 1.95 bits per heavy atom.